The van der Waals surface area contributed by atoms with Crippen LogP contribution in [0.1, 0.15) is 6.92 Å². The van der Waals surface area contributed by atoms with Crippen LogP contribution in [0.2, 0.25) is 5.02 Å². The van der Waals surface area contributed by atoms with Crippen molar-refractivity contribution < 1.29 is 9.47 Å². The number of rotatable bonds is 5. The van der Waals surface area contributed by atoms with Crippen LogP contribution in [0.15, 0.2) is 36.4 Å². The van der Waals surface area contributed by atoms with E-state index in [0.717, 1.165) is 11.4 Å². The lowest BCUT2D eigenvalue weighted by atomic mass is 10.2. The number of hydrogen-bond donors (Lipinski definition) is 2. The van der Waals surface area contributed by atoms with Gasteiger partial charge >= 0.3 is 0 Å². The van der Waals surface area contributed by atoms with Gasteiger partial charge in [-0.2, -0.15) is 0 Å². The summed E-state index contributed by atoms with van der Waals surface area (Å²) in [6.07, 6.45) is 0. The molecule has 0 amide bonds. The third kappa shape index (κ3) is 3.08. The number of nitrogens with two attached hydrogens (primary N) is 1. The van der Waals surface area contributed by atoms with Gasteiger partial charge in [-0.3, -0.25) is 0 Å². The van der Waals surface area contributed by atoms with Gasteiger partial charge in [0.25, 0.3) is 0 Å². The number of ether oxygens (including phenoxy) is 2. The summed E-state index contributed by atoms with van der Waals surface area (Å²) in [6.45, 7) is 2.49. The molecular formula is C15H17ClN2O2. The maximum absolute atomic E-state index is 6.07. The highest BCUT2D eigenvalue weighted by atomic mass is 35.5. The van der Waals surface area contributed by atoms with Gasteiger partial charge in [0.15, 0.2) is 0 Å². The predicted molar refractivity (Wildman–Crippen MR) is 83.3 cm³/mol. The maximum Gasteiger partial charge on any atom is 0.144 e. The predicted octanol–water partition coefficient (Wildman–Crippen LogP) is 4.07. The van der Waals surface area contributed by atoms with Crippen LogP contribution in [0.3, 0.4) is 0 Å². The number of benzene rings is 2. The van der Waals surface area contributed by atoms with Gasteiger partial charge in [-0.1, -0.05) is 17.7 Å². The van der Waals surface area contributed by atoms with Crippen LogP contribution in [0.25, 0.3) is 0 Å². The van der Waals surface area contributed by atoms with Gasteiger partial charge in [-0.05, 0) is 31.2 Å². The topological polar surface area (TPSA) is 56.5 Å². The average molecular weight is 293 g/mol. The fourth-order valence-electron chi connectivity index (χ4n) is 1.83. The Hall–Kier alpha value is -2.07. The van der Waals surface area contributed by atoms with Crippen molar-refractivity contribution in [1.29, 1.82) is 0 Å². The van der Waals surface area contributed by atoms with Gasteiger partial charge in [0, 0.05) is 11.8 Å². The van der Waals surface area contributed by atoms with E-state index in [0.29, 0.717) is 28.8 Å². The van der Waals surface area contributed by atoms with Gasteiger partial charge in [0.2, 0.25) is 0 Å². The van der Waals surface area contributed by atoms with E-state index in [4.69, 9.17) is 26.8 Å². The zero-order valence-corrected chi connectivity index (χ0v) is 12.2. The van der Waals surface area contributed by atoms with Crippen LogP contribution in [-0.4, -0.2) is 13.7 Å². The lowest BCUT2D eigenvalue weighted by Gasteiger charge is -2.14. The summed E-state index contributed by atoms with van der Waals surface area (Å²) in [6, 6.07) is 11.1. The molecule has 0 fully saturated rings. The number of methoxy groups -OCH3 is 1. The van der Waals surface area contributed by atoms with Crippen LogP contribution in [0.4, 0.5) is 17.1 Å². The van der Waals surface area contributed by atoms with E-state index < -0.39 is 0 Å². The lowest BCUT2D eigenvalue weighted by molar-refractivity contribution is 0.342. The fraction of sp³-hybridized carbons (Fsp3) is 0.200. The molecule has 0 aliphatic carbocycles. The molecule has 5 heteroatoms. The molecule has 106 valence electrons. The van der Waals surface area contributed by atoms with E-state index in [1.807, 2.05) is 37.3 Å². The SMILES string of the molecule is CCOc1cccc(Nc2ccc(Cl)c(OC)c2)c1N. The molecule has 2 rings (SSSR count). The molecule has 0 aliphatic heterocycles. The molecule has 0 atom stereocenters. The normalized spacial score (nSPS) is 10.2. The number of para-hydroxylation sites is 1. The van der Waals surface area contributed by atoms with E-state index in [-0.39, 0.29) is 0 Å². The second-order valence-electron chi connectivity index (χ2n) is 4.12. The first kappa shape index (κ1) is 14.3. The van der Waals surface area contributed by atoms with Gasteiger partial charge in [0.05, 0.1) is 30.1 Å². The minimum atomic E-state index is 0.564. The molecule has 0 saturated heterocycles. The highest BCUT2D eigenvalue weighted by Crippen LogP contribution is 2.34. The quantitative estimate of drug-likeness (QED) is 0.816. The first-order valence-corrected chi connectivity index (χ1v) is 6.65. The third-order valence-corrected chi connectivity index (χ3v) is 3.11. The molecule has 0 unspecified atom stereocenters. The number of nitrogens with one attached hydrogen (secondary N) is 1. The molecule has 0 saturated carbocycles. The number of halogens is 1. The van der Waals surface area contributed by atoms with E-state index >= 15 is 0 Å². The van der Waals surface area contributed by atoms with Crippen molar-refractivity contribution in [2.24, 2.45) is 0 Å². The van der Waals surface area contributed by atoms with E-state index in [1.165, 1.54) is 0 Å². The van der Waals surface area contributed by atoms with Gasteiger partial charge < -0.3 is 20.5 Å². The lowest BCUT2D eigenvalue weighted by Crippen LogP contribution is -2.01. The number of nitrogen functional groups attached to an aromatic ring is 1. The Morgan fingerprint density at radius 2 is 2.00 bits per heavy atom. The largest absolute Gasteiger partial charge is 0.495 e. The molecule has 20 heavy (non-hydrogen) atoms. The Bertz CT molecular complexity index is 602. The number of anilines is 3. The molecule has 0 radical (unpaired) electrons. The van der Waals surface area contributed by atoms with Crippen LogP contribution < -0.4 is 20.5 Å². The molecule has 0 aromatic heterocycles. The Kier molecular flexibility index (Phi) is 4.58. The van der Waals surface area contributed by atoms with E-state index in [9.17, 15) is 0 Å². The fourth-order valence-corrected chi connectivity index (χ4v) is 2.02. The molecule has 2 aromatic carbocycles. The highest BCUT2D eigenvalue weighted by Gasteiger charge is 2.07. The Morgan fingerprint density at radius 1 is 1.20 bits per heavy atom. The second kappa shape index (κ2) is 6.39. The first-order valence-electron chi connectivity index (χ1n) is 6.27. The Labute approximate surface area is 123 Å². The summed E-state index contributed by atoms with van der Waals surface area (Å²) < 4.78 is 10.7. The van der Waals surface area contributed by atoms with Gasteiger partial charge in [-0.15, -0.1) is 0 Å². The third-order valence-electron chi connectivity index (χ3n) is 2.80. The molecule has 3 N–H and O–H groups in total. The molecule has 0 bridgehead atoms. The summed E-state index contributed by atoms with van der Waals surface area (Å²) in [5.74, 6) is 1.27. The van der Waals surface area contributed by atoms with Crippen molar-refractivity contribution in [3.05, 3.63) is 41.4 Å². The smallest absolute Gasteiger partial charge is 0.144 e. The molecule has 0 spiro atoms. The van der Waals surface area contributed by atoms with E-state index in [2.05, 4.69) is 5.32 Å². The van der Waals surface area contributed by atoms with Crippen molar-refractivity contribution in [2.75, 3.05) is 24.8 Å². The summed E-state index contributed by atoms with van der Waals surface area (Å²) in [5, 5.41) is 3.79. The molecule has 4 nitrogen and oxygen atoms in total. The van der Waals surface area contributed by atoms with Crippen molar-refractivity contribution in [1.82, 2.24) is 0 Å². The number of hydrogen-bond acceptors (Lipinski definition) is 4. The standard InChI is InChI=1S/C15H17ClN2O2/c1-3-20-13-6-4-5-12(15(13)17)18-10-7-8-11(16)14(9-10)19-2/h4-9,18H,3,17H2,1-2H3. The summed E-state index contributed by atoms with van der Waals surface area (Å²) in [7, 11) is 1.58. The molecular weight excluding hydrogens is 276 g/mol. The summed E-state index contributed by atoms with van der Waals surface area (Å²) in [4.78, 5) is 0. The minimum Gasteiger partial charge on any atom is -0.495 e. The van der Waals surface area contributed by atoms with Gasteiger partial charge in [-0.25, -0.2) is 0 Å². The molecule has 2 aromatic rings. The van der Waals surface area contributed by atoms with Crippen molar-refractivity contribution >= 4 is 28.7 Å². The van der Waals surface area contributed by atoms with Crippen molar-refractivity contribution in [2.45, 2.75) is 6.92 Å². The van der Waals surface area contributed by atoms with Crippen LogP contribution in [0.5, 0.6) is 11.5 Å². The van der Waals surface area contributed by atoms with Crippen LogP contribution >= 0.6 is 11.6 Å². The molecule has 0 heterocycles. The minimum absolute atomic E-state index is 0.564. The zero-order chi connectivity index (χ0) is 14.5. The summed E-state index contributed by atoms with van der Waals surface area (Å²) in [5.41, 5.74) is 8.26. The van der Waals surface area contributed by atoms with Crippen LogP contribution in [-0.2, 0) is 0 Å². The Balaban J connectivity index is 2.28. The maximum atomic E-state index is 6.07. The monoisotopic (exact) mass is 292 g/mol. The summed E-state index contributed by atoms with van der Waals surface area (Å²) >= 11 is 6.00. The molecule has 0 aliphatic rings. The highest BCUT2D eigenvalue weighted by molar-refractivity contribution is 6.32. The Morgan fingerprint density at radius 3 is 2.70 bits per heavy atom. The second-order valence-corrected chi connectivity index (χ2v) is 4.53. The van der Waals surface area contributed by atoms with Gasteiger partial charge in [0.1, 0.15) is 11.5 Å². The van der Waals surface area contributed by atoms with E-state index in [1.54, 1.807) is 13.2 Å². The van der Waals surface area contributed by atoms with Crippen molar-refractivity contribution in [3.8, 4) is 11.5 Å². The average Bonchev–Trinajstić information content (AvgIpc) is 2.45. The van der Waals surface area contributed by atoms with Crippen LogP contribution in [0, 0.1) is 0 Å². The first-order chi connectivity index (χ1) is 9.65. The zero-order valence-electron chi connectivity index (χ0n) is 11.4. The van der Waals surface area contributed by atoms with Crippen molar-refractivity contribution in [3.63, 3.8) is 0 Å².